The summed E-state index contributed by atoms with van der Waals surface area (Å²) in [7, 11) is 0. The van der Waals surface area contributed by atoms with Gasteiger partial charge in [0.05, 0.1) is 6.04 Å². The molecule has 2 heteroatoms. The molecule has 22 heavy (non-hydrogen) atoms. The summed E-state index contributed by atoms with van der Waals surface area (Å²) in [6.07, 6.45) is 3.39. The van der Waals surface area contributed by atoms with Crippen LogP contribution < -0.4 is 5.32 Å². The maximum absolute atomic E-state index is 12.3. The molecule has 2 aromatic carbocycles. The molecule has 0 saturated carbocycles. The van der Waals surface area contributed by atoms with Crippen LogP contribution in [0.5, 0.6) is 0 Å². The molecule has 1 atom stereocenters. The van der Waals surface area contributed by atoms with E-state index in [4.69, 9.17) is 0 Å². The standard InChI is InChI=1S/C20H25NO/c1-2-19(21-16-18-12-7-4-8-13-18)20(22)15-9-14-17-10-5-3-6-11-17/h3-8,10-13,19,21H,2,9,14-16H2,1H3/t19-/m0/s1. The van der Waals surface area contributed by atoms with Gasteiger partial charge >= 0.3 is 0 Å². The SMILES string of the molecule is CC[C@H](NCc1ccccc1)C(=O)CCCc1ccccc1. The Labute approximate surface area is 133 Å². The lowest BCUT2D eigenvalue weighted by atomic mass is 10.0. The van der Waals surface area contributed by atoms with Gasteiger partial charge in [0.2, 0.25) is 0 Å². The lowest BCUT2D eigenvalue weighted by Crippen LogP contribution is -2.35. The second-order valence-corrected chi connectivity index (χ2v) is 5.63. The van der Waals surface area contributed by atoms with Crippen LogP contribution in [0.1, 0.15) is 37.3 Å². The van der Waals surface area contributed by atoms with Gasteiger partial charge in [0.1, 0.15) is 5.78 Å². The van der Waals surface area contributed by atoms with Crippen molar-refractivity contribution in [2.45, 2.75) is 45.2 Å². The predicted molar refractivity (Wildman–Crippen MR) is 91.7 cm³/mol. The van der Waals surface area contributed by atoms with E-state index in [0.29, 0.717) is 12.2 Å². The van der Waals surface area contributed by atoms with E-state index < -0.39 is 0 Å². The summed E-state index contributed by atoms with van der Waals surface area (Å²) in [5.41, 5.74) is 2.53. The van der Waals surface area contributed by atoms with Crippen molar-refractivity contribution in [3.63, 3.8) is 0 Å². The van der Waals surface area contributed by atoms with Crippen LogP contribution in [-0.2, 0) is 17.8 Å². The van der Waals surface area contributed by atoms with Crippen molar-refractivity contribution >= 4 is 5.78 Å². The summed E-state index contributed by atoms with van der Waals surface area (Å²) in [5.74, 6) is 0.328. The normalized spacial score (nSPS) is 12.0. The lowest BCUT2D eigenvalue weighted by Gasteiger charge is -2.16. The summed E-state index contributed by atoms with van der Waals surface area (Å²) in [6, 6.07) is 20.6. The minimum absolute atomic E-state index is 0.0315. The van der Waals surface area contributed by atoms with Crippen LogP contribution in [0.25, 0.3) is 0 Å². The number of benzene rings is 2. The van der Waals surface area contributed by atoms with Crippen LogP contribution in [0, 0.1) is 0 Å². The van der Waals surface area contributed by atoms with Gasteiger partial charge < -0.3 is 5.32 Å². The van der Waals surface area contributed by atoms with Crippen molar-refractivity contribution < 1.29 is 4.79 Å². The Hall–Kier alpha value is -1.93. The number of nitrogens with one attached hydrogen (secondary N) is 1. The van der Waals surface area contributed by atoms with Gasteiger partial charge in [0.15, 0.2) is 0 Å². The fourth-order valence-corrected chi connectivity index (χ4v) is 2.61. The third-order valence-corrected chi connectivity index (χ3v) is 3.92. The molecule has 0 aliphatic heterocycles. The molecule has 2 nitrogen and oxygen atoms in total. The summed E-state index contributed by atoms with van der Waals surface area (Å²) in [4.78, 5) is 12.3. The summed E-state index contributed by atoms with van der Waals surface area (Å²) in [5, 5.41) is 3.38. The number of hydrogen-bond donors (Lipinski definition) is 1. The molecule has 0 heterocycles. The van der Waals surface area contributed by atoms with Crippen molar-refractivity contribution in [2.24, 2.45) is 0 Å². The molecular formula is C20H25NO. The van der Waals surface area contributed by atoms with Crippen molar-refractivity contribution in [3.05, 3.63) is 71.8 Å². The smallest absolute Gasteiger partial charge is 0.149 e. The molecule has 0 aliphatic rings. The number of hydrogen-bond acceptors (Lipinski definition) is 2. The fraction of sp³-hybridized carbons (Fsp3) is 0.350. The fourth-order valence-electron chi connectivity index (χ4n) is 2.61. The lowest BCUT2D eigenvalue weighted by molar-refractivity contribution is -0.121. The second-order valence-electron chi connectivity index (χ2n) is 5.63. The third-order valence-electron chi connectivity index (χ3n) is 3.92. The molecule has 116 valence electrons. The Bertz CT molecular complexity index is 550. The summed E-state index contributed by atoms with van der Waals surface area (Å²) < 4.78 is 0. The summed E-state index contributed by atoms with van der Waals surface area (Å²) in [6.45, 7) is 2.82. The Kier molecular flexibility index (Phi) is 6.85. The van der Waals surface area contributed by atoms with Gasteiger partial charge in [-0.25, -0.2) is 0 Å². The highest BCUT2D eigenvalue weighted by atomic mass is 16.1. The first-order valence-electron chi connectivity index (χ1n) is 8.13. The van der Waals surface area contributed by atoms with Crippen LogP contribution in [0.3, 0.4) is 0 Å². The number of Topliss-reactive ketones (excluding diaryl/α,β-unsaturated/α-hetero) is 1. The average molecular weight is 295 g/mol. The maximum Gasteiger partial charge on any atom is 0.149 e. The Morgan fingerprint density at radius 3 is 2.14 bits per heavy atom. The zero-order chi connectivity index (χ0) is 15.6. The highest BCUT2D eigenvalue weighted by Gasteiger charge is 2.15. The van der Waals surface area contributed by atoms with Crippen molar-refractivity contribution in [1.29, 1.82) is 0 Å². The number of carbonyl (C=O) groups excluding carboxylic acids is 1. The van der Waals surface area contributed by atoms with Crippen LogP contribution >= 0.6 is 0 Å². The van der Waals surface area contributed by atoms with Crippen molar-refractivity contribution in [3.8, 4) is 0 Å². The molecule has 2 aromatic rings. The van der Waals surface area contributed by atoms with Gasteiger partial charge in [0, 0.05) is 13.0 Å². The first-order chi connectivity index (χ1) is 10.8. The summed E-state index contributed by atoms with van der Waals surface area (Å²) >= 11 is 0. The zero-order valence-electron chi connectivity index (χ0n) is 13.3. The van der Waals surface area contributed by atoms with E-state index in [1.54, 1.807) is 0 Å². The maximum atomic E-state index is 12.3. The van der Waals surface area contributed by atoms with E-state index in [1.165, 1.54) is 11.1 Å². The minimum Gasteiger partial charge on any atom is -0.303 e. The van der Waals surface area contributed by atoms with E-state index >= 15 is 0 Å². The molecular weight excluding hydrogens is 270 g/mol. The predicted octanol–water partition coefficient (Wildman–Crippen LogP) is 4.15. The van der Waals surface area contributed by atoms with E-state index in [-0.39, 0.29) is 6.04 Å². The highest BCUT2D eigenvalue weighted by Crippen LogP contribution is 2.08. The molecule has 0 spiro atoms. The number of carbonyl (C=O) groups is 1. The molecule has 1 N–H and O–H groups in total. The monoisotopic (exact) mass is 295 g/mol. The molecule has 0 unspecified atom stereocenters. The van der Waals surface area contributed by atoms with Crippen LogP contribution in [0.4, 0.5) is 0 Å². The molecule has 0 aromatic heterocycles. The van der Waals surface area contributed by atoms with Gasteiger partial charge in [-0.15, -0.1) is 0 Å². The quantitative estimate of drug-likeness (QED) is 0.753. The molecule has 0 radical (unpaired) electrons. The number of aryl methyl sites for hydroxylation is 1. The molecule has 0 amide bonds. The van der Waals surface area contributed by atoms with Gasteiger partial charge in [-0.05, 0) is 30.4 Å². The Balaban J connectivity index is 1.74. The minimum atomic E-state index is -0.0315. The number of ketones is 1. The highest BCUT2D eigenvalue weighted by molar-refractivity contribution is 5.83. The largest absolute Gasteiger partial charge is 0.303 e. The third kappa shape index (κ3) is 5.45. The van der Waals surface area contributed by atoms with Crippen molar-refractivity contribution in [1.82, 2.24) is 5.32 Å². The van der Waals surface area contributed by atoms with E-state index in [9.17, 15) is 4.79 Å². The van der Waals surface area contributed by atoms with Gasteiger partial charge in [-0.3, -0.25) is 4.79 Å². The van der Waals surface area contributed by atoms with E-state index in [0.717, 1.165) is 25.8 Å². The molecule has 0 aliphatic carbocycles. The van der Waals surface area contributed by atoms with Crippen LogP contribution in [-0.4, -0.2) is 11.8 Å². The molecule has 0 fully saturated rings. The van der Waals surface area contributed by atoms with E-state index in [1.807, 2.05) is 36.4 Å². The Morgan fingerprint density at radius 2 is 1.55 bits per heavy atom. The molecule has 2 rings (SSSR count). The van der Waals surface area contributed by atoms with Gasteiger partial charge in [-0.2, -0.15) is 0 Å². The Morgan fingerprint density at radius 1 is 0.955 bits per heavy atom. The van der Waals surface area contributed by atoms with Crippen molar-refractivity contribution in [2.75, 3.05) is 0 Å². The van der Waals surface area contributed by atoms with Gasteiger partial charge in [-0.1, -0.05) is 67.6 Å². The topological polar surface area (TPSA) is 29.1 Å². The zero-order valence-corrected chi connectivity index (χ0v) is 13.3. The van der Waals surface area contributed by atoms with Crippen LogP contribution in [0.15, 0.2) is 60.7 Å². The average Bonchev–Trinajstić information content (AvgIpc) is 2.57. The second kappa shape index (κ2) is 9.16. The van der Waals surface area contributed by atoms with E-state index in [2.05, 4.69) is 36.5 Å². The molecule has 0 bridgehead atoms. The molecule has 0 saturated heterocycles. The number of rotatable bonds is 9. The first kappa shape index (κ1) is 16.4. The van der Waals surface area contributed by atoms with Gasteiger partial charge in [0.25, 0.3) is 0 Å². The first-order valence-corrected chi connectivity index (χ1v) is 8.13. The van der Waals surface area contributed by atoms with Crippen LogP contribution in [0.2, 0.25) is 0 Å².